The van der Waals surface area contributed by atoms with Gasteiger partial charge in [-0.1, -0.05) is 18.2 Å². The van der Waals surface area contributed by atoms with Crippen LogP contribution in [0.3, 0.4) is 0 Å². The molecule has 4 unspecified atom stereocenters. The lowest BCUT2D eigenvalue weighted by atomic mass is 10.2. The Kier molecular flexibility index (Phi) is 16.0. The molecule has 0 aliphatic carbocycles. The van der Waals surface area contributed by atoms with Gasteiger partial charge in [0.2, 0.25) is 12.2 Å². The van der Waals surface area contributed by atoms with Crippen molar-refractivity contribution in [2.75, 3.05) is 6.61 Å². The van der Waals surface area contributed by atoms with Gasteiger partial charge in [0.1, 0.15) is 0 Å². The molecule has 19 heteroatoms. The number of rotatable bonds is 15. The number of hydrogen-bond donors (Lipinski definition) is 6. The highest BCUT2D eigenvalue weighted by Crippen LogP contribution is 2.12. The summed E-state index contributed by atoms with van der Waals surface area (Å²) in [6.45, 7) is -0.00842. The molecule has 0 aromatic heterocycles. The predicted octanol–water partition coefficient (Wildman–Crippen LogP) is -1.68. The lowest BCUT2D eigenvalue weighted by molar-refractivity contribution is -0.183. The second kappa shape index (κ2) is 18.5. The SMILES string of the molecule is CC(OC(=O)/C=C\C(=O)O)C(=O)O.O=C(O)COC(=O)C(CC(=O)O)OC(=O)C(OC(=O)c1ccccc1)C(O)C(=O)O. The Hall–Kier alpha value is -5.85. The van der Waals surface area contributed by atoms with E-state index in [2.05, 4.69) is 18.9 Å². The highest BCUT2D eigenvalue weighted by Gasteiger charge is 2.40. The minimum Gasteiger partial charge on any atom is -0.481 e. The largest absolute Gasteiger partial charge is 0.481 e. The molecule has 0 heterocycles. The summed E-state index contributed by atoms with van der Waals surface area (Å²) in [5.41, 5.74) is -0.115. The van der Waals surface area contributed by atoms with Crippen molar-refractivity contribution in [3.05, 3.63) is 48.0 Å². The number of carboxylic acids is 5. The summed E-state index contributed by atoms with van der Waals surface area (Å²) in [7, 11) is 0. The lowest BCUT2D eigenvalue weighted by Crippen LogP contribution is -2.46. The van der Waals surface area contributed by atoms with Gasteiger partial charge >= 0.3 is 53.7 Å². The van der Waals surface area contributed by atoms with Crippen LogP contribution < -0.4 is 0 Å². The molecule has 0 aliphatic heterocycles. The zero-order valence-electron chi connectivity index (χ0n) is 21.8. The number of carboxylic acid groups (broad SMARTS) is 5. The molecule has 0 bridgehead atoms. The first-order valence-electron chi connectivity index (χ1n) is 11.3. The molecular weight excluding hydrogens is 592 g/mol. The van der Waals surface area contributed by atoms with E-state index in [9.17, 15) is 48.3 Å². The number of benzene rings is 1. The molecule has 0 radical (unpaired) electrons. The first-order chi connectivity index (χ1) is 20.0. The average molecular weight is 616 g/mol. The molecule has 0 saturated heterocycles. The van der Waals surface area contributed by atoms with Gasteiger partial charge in [-0.3, -0.25) is 4.79 Å². The maximum atomic E-state index is 12.3. The molecule has 4 atom stereocenters. The fourth-order valence-electron chi connectivity index (χ4n) is 2.30. The molecule has 43 heavy (non-hydrogen) atoms. The fourth-order valence-corrected chi connectivity index (χ4v) is 2.30. The first-order valence-corrected chi connectivity index (χ1v) is 11.3. The van der Waals surface area contributed by atoms with Crippen LogP contribution in [-0.4, -0.2) is 115 Å². The van der Waals surface area contributed by atoms with E-state index < -0.39 is 91.2 Å². The molecule has 0 saturated carbocycles. The summed E-state index contributed by atoms with van der Waals surface area (Å²) in [4.78, 5) is 99.1. The molecule has 1 aromatic carbocycles. The molecule has 6 N–H and O–H groups in total. The summed E-state index contributed by atoms with van der Waals surface area (Å²) >= 11 is 0. The zero-order valence-corrected chi connectivity index (χ0v) is 21.8. The van der Waals surface area contributed by atoms with Crippen LogP contribution in [0, 0.1) is 0 Å². The molecule has 1 rings (SSSR count). The number of carbonyl (C=O) groups excluding carboxylic acids is 4. The highest BCUT2D eigenvalue weighted by atomic mass is 16.6. The van der Waals surface area contributed by atoms with Crippen molar-refractivity contribution >= 4 is 53.7 Å². The van der Waals surface area contributed by atoms with Crippen LogP contribution in [-0.2, 0) is 57.3 Å². The number of hydrogen-bond acceptors (Lipinski definition) is 14. The van der Waals surface area contributed by atoms with E-state index in [4.69, 9.17) is 25.5 Å². The van der Waals surface area contributed by atoms with Crippen LogP contribution in [0.25, 0.3) is 0 Å². The summed E-state index contributed by atoms with van der Waals surface area (Å²) in [5.74, 6) is -13.4. The second-order valence-corrected chi connectivity index (χ2v) is 7.59. The van der Waals surface area contributed by atoms with E-state index in [0.29, 0.717) is 12.2 Å². The van der Waals surface area contributed by atoms with Gasteiger partial charge in [-0.25, -0.2) is 38.4 Å². The van der Waals surface area contributed by atoms with Gasteiger partial charge in [-0.05, 0) is 19.1 Å². The Balaban J connectivity index is 0.00000114. The zero-order chi connectivity index (χ0) is 33.3. The van der Waals surface area contributed by atoms with Crippen LogP contribution in [0.4, 0.5) is 0 Å². The van der Waals surface area contributed by atoms with Crippen molar-refractivity contribution in [2.24, 2.45) is 0 Å². The maximum absolute atomic E-state index is 12.3. The fraction of sp³-hybridized carbons (Fsp3) is 0.292. The second-order valence-electron chi connectivity index (χ2n) is 7.59. The molecule has 234 valence electrons. The number of esters is 4. The number of aliphatic hydroxyl groups is 1. The van der Waals surface area contributed by atoms with Crippen molar-refractivity contribution in [3.63, 3.8) is 0 Å². The van der Waals surface area contributed by atoms with Gasteiger partial charge in [0.15, 0.2) is 18.8 Å². The van der Waals surface area contributed by atoms with Crippen molar-refractivity contribution in [1.82, 2.24) is 0 Å². The van der Waals surface area contributed by atoms with Crippen LogP contribution in [0.5, 0.6) is 0 Å². The van der Waals surface area contributed by atoms with Crippen molar-refractivity contribution in [3.8, 4) is 0 Å². The quantitative estimate of drug-likeness (QED) is 0.0727. The van der Waals surface area contributed by atoms with Crippen LogP contribution in [0.2, 0.25) is 0 Å². The van der Waals surface area contributed by atoms with E-state index in [1.54, 1.807) is 6.07 Å². The summed E-state index contributed by atoms with van der Waals surface area (Å²) in [6, 6.07) is 6.92. The van der Waals surface area contributed by atoms with Crippen molar-refractivity contribution < 1.29 is 92.7 Å². The average Bonchev–Trinajstić information content (AvgIpc) is 2.92. The standard InChI is InChI=1S/C17H16O13.C7H8O6/c18-10(19)6-9(16(26)28-7-11(20)21)29-17(27)13(12(22)14(23)24)30-15(25)8-4-2-1-3-5-8;1-4(7(11)12)13-6(10)3-2-5(8)9/h1-5,9,12-13,22H,6-7H2,(H,18,19)(H,20,21)(H,23,24);2-4H,1H3,(H,8,9)(H,11,12)/b;3-2-. The van der Waals surface area contributed by atoms with Gasteiger partial charge in [0.05, 0.1) is 12.0 Å². The Morgan fingerprint density at radius 1 is 0.744 bits per heavy atom. The summed E-state index contributed by atoms with van der Waals surface area (Å²) < 4.78 is 17.7. The topological polar surface area (TPSA) is 312 Å². The maximum Gasteiger partial charge on any atom is 0.351 e. The van der Waals surface area contributed by atoms with E-state index in [1.165, 1.54) is 24.3 Å². The molecule has 1 aromatic rings. The lowest BCUT2D eigenvalue weighted by Gasteiger charge is -2.22. The van der Waals surface area contributed by atoms with Gasteiger partial charge in [0, 0.05) is 12.2 Å². The van der Waals surface area contributed by atoms with Crippen molar-refractivity contribution in [1.29, 1.82) is 0 Å². The molecule has 19 nitrogen and oxygen atoms in total. The Morgan fingerprint density at radius 2 is 1.33 bits per heavy atom. The van der Waals surface area contributed by atoms with E-state index in [1.807, 2.05) is 0 Å². The predicted molar refractivity (Wildman–Crippen MR) is 130 cm³/mol. The minimum atomic E-state index is -2.62. The van der Waals surface area contributed by atoms with Gasteiger partial charge < -0.3 is 49.6 Å². The Labute approximate surface area is 239 Å². The third-order valence-electron chi connectivity index (χ3n) is 4.24. The molecule has 0 spiro atoms. The molecular formula is C24H24O19. The minimum absolute atomic E-state index is 0.115. The number of ether oxygens (including phenoxy) is 4. The summed E-state index contributed by atoms with van der Waals surface area (Å²) in [6.07, 6.45) is -8.55. The highest BCUT2D eigenvalue weighted by molar-refractivity contribution is 5.94. The Morgan fingerprint density at radius 3 is 1.79 bits per heavy atom. The van der Waals surface area contributed by atoms with Gasteiger partial charge in [0.25, 0.3) is 0 Å². The number of carbonyl (C=O) groups is 9. The van der Waals surface area contributed by atoms with Crippen LogP contribution >= 0.6 is 0 Å². The Bertz CT molecular complexity index is 1230. The summed E-state index contributed by atoms with van der Waals surface area (Å²) in [5, 5.41) is 52.3. The van der Waals surface area contributed by atoms with E-state index in [-0.39, 0.29) is 5.56 Å². The smallest absolute Gasteiger partial charge is 0.351 e. The van der Waals surface area contributed by atoms with E-state index in [0.717, 1.165) is 6.92 Å². The van der Waals surface area contributed by atoms with Gasteiger partial charge in [-0.15, -0.1) is 0 Å². The monoisotopic (exact) mass is 616 g/mol. The van der Waals surface area contributed by atoms with E-state index >= 15 is 0 Å². The molecule has 0 amide bonds. The molecule has 0 aliphatic rings. The third-order valence-corrected chi connectivity index (χ3v) is 4.24. The van der Waals surface area contributed by atoms with Crippen molar-refractivity contribution in [2.45, 2.75) is 37.8 Å². The first kappa shape index (κ1) is 37.1. The number of aliphatic hydroxyl groups excluding tert-OH is 1. The van der Waals surface area contributed by atoms with Crippen LogP contribution in [0.1, 0.15) is 23.7 Å². The normalized spacial score (nSPS) is 13.0. The molecule has 0 fully saturated rings. The third kappa shape index (κ3) is 15.5. The van der Waals surface area contributed by atoms with Gasteiger partial charge in [-0.2, -0.15) is 0 Å². The van der Waals surface area contributed by atoms with Crippen LogP contribution in [0.15, 0.2) is 42.5 Å². The number of aliphatic carboxylic acids is 5.